The summed E-state index contributed by atoms with van der Waals surface area (Å²) >= 11 is 0. The van der Waals surface area contributed by atoms with Gasteiger partial charge < -0.3 is 37.9 Å². The molecule has 2 saturated heterocycles. The molecule has 4 aromatic rings. The molecule has 2 heterocycles. The van der Waals surface area contributed by atoms with E-state index in [-0.39, 0.29) is 37.4 Å². The van der Waals surface area contributed by atoms with E-state index in [4.69, 9.17) is 37.9 Å². The number of epoxide rings is 2. The average Bonchev–Trinajstić information content (AvgIpc) is 4.13. The molecule has 0 radical (unpaired) electrons. The van der Waals surface area contributed by atoms with E-state index in [1.807, 2.05) is 48.5 Å². The number of ether oxygens (including phenoxy) is 8. The van der Waals surface area contributed by atoms with Crippen molar-refractivity contribution in [1.29, 1.82) is 0 Å². The van der Waals surface area contributed by atoms with Crippen LogP contribution in [-0.2, 0) is 28.4 Å². The van der Waals surface area contributed by atoms with Crippen LogP contribution in [0.25, 0.3) is 0 Å². The number of carbonyl (C=O) groups excluding carboxylic acids is 2. The number of carbonyl (C=O) groups is 2. The van der Waals surface area contributed by atoms with Gasteiger partial charge in [-0.3, -0.25) is 9.98 Å². The van der Waals surface area contributed by atoms with E-state index in [1.54, 1.807) is 61.0 Å². The van der Waals surface area contributed by atoms with Crippen molar-refractivity contribution in [3.63, 3.8) is 0 Å². The Morgan fingerprint density at radius 1 is 0.538 bits per heavy atom. The van der Waals surface area contributed by atoms with Crippen molar-refractivity contribution in [2.75, 3.05) is 66.1 Å². The molecule has 0 amide bonds. The topological polar surface area (TPSA) is 139 Å². The molecule has 6 rings (SSSR count). The fraction of sp³-hybridized carbons (Fsp3) is 0.300. The highest BCUT2D eigenvalue weighted by Crippen LogP contribution is 2.18. The monoisotopic (exact) mass is 708 g/mol. The number of hydrogen-bond acceptors (Lipinski definition) is 12. The van der Waals surface area contributed by atoms with Crippen molar-refractivity contribution in [1.82, 2.24) is 0 Å². The zero-order chi connectivity index (χ0) is 35.8. The second-order valence-electron chi connectivity index (χ2n) is 11.8. The van der Waals surface area contributed by atoms with Crippen LogP contribution in [0.15, 0.2) is 107 Å². The normalized spacial score (nSPS) is 16.2. The number of benzene rings is 4. The summed E-state index contributed by atoms with van der Waals surface area (Å²) in [4.78, 5) is 33.0. The predicted octanol–water partition coefficient (Wildman–Crippen LogP) is 5.79. The van der Waals surface area contributed by atoms with Crippen molar-refractivity contribution < 1.29 is 47.5 Å². The highest BCUT2D eigenvalue weighted by molar-refractivity contribution is 5.91. The molecular formula is C40H40N2O10. The quantitative estimate of drug-likeness (QED) is 0.0452. The van der Waals surface area contributed by atoms with Crippen molar-refractivity contribution in [3.8, 4) is 11.5 Å². The molecule has 2 atom stereocenters. The molecule has 0 aliphatic carbocycles. The van der Waals surface area contributed by atoms with Gasteiger partial charge in [0.25, 0.3) is 0 Å². The van der Waals surface area contributed by atoms with E-state index in [0.717, 1.165) is 34.0 Å². The second kappa shape index (κ2) is 19.3. The Morgan fingerprint density at radius 3 is 1.27 bits per heavy atom. The molecule has 0 aromatic heterocycles. The van der Waals surface area contributed by atoms with Crippen LogP contribution < -0.4 is 9.47 Å². The van der Waals surface area contributed by atoms with E-state index in [9.17, 15) is 9.59 Å². The van der Waals surface area contributed by atoms with Gasteiger partial charge in [-0.15, -0.1) is 0 Å². The number of rotatable bonds is 21. The fourth-order valence-corrected chi connectivity index (χ4v) is 4.56. The highest BCUT2D eigenvalue weighted by atomic mass is 16.6. The van der Waals surface area contributed by atoms with E-state index < -0.39 is 0 Å². The van der Waals surface area contributed by atoms with Gasteiger partial charge in [0.1, 0.15) is 50.1 Å². The van der Waals surface area contributed by atoms with Gasteiger partial charge in [-0.2, -0.15) is 0 Å². The van der Waals surface area contributed by atoms with Gasteiger partial charge in [0, 0.05) is 12.4 Å². The third kappa shape index (κ3) is 12.7. The summed E-state index contributed by atoms with van der Waals surface area (Å²) in [6, 6.07) is 29.1. The smallest absolute Gasteiger partial charge is 0.338 e. The molecule has 4 aromatic carbocycles. The van der Waals surface area contributed by atoms with E-state index >= 15 is 0 Å². The first kappa shape index (κ1) is 36.4. The lowest BCUT2D eigenvalue weighted by Crippen LogP contribution is -2.13. The Balaban J connectivity index is 0.774. The summed E-state index contributed by atoms with van der Waals surface area (Å²) < 4.78 is 43.2. The lowest BCUT2D eigenvalue weighted by molar-refractivity contribution is 0.0273. The first-order chi connectivity index (χ1) is 25.6. The first-order valence-electron chi connectivity index (χ1n) is 17.0. The SMILES string of the molecule is O=C(OCC1CO1)c1ccc(N=Cc2ccc(OCCOCCOCCOc3ccc(C=Nc4ccc(C(=O)OCC5CO5)cc4)cc3)cc2)cc1. The minimum absolute atomic E-state index is 0.0422. The van der Waals surface area contributed by atoms with Crippen molar-refractivity contribution in [2.45, 2.75) is 12.2 Å². The Labute approximate surface area is 301 Å². The van der Waals surface area contributed by atoms with Gasteiger partial charge in [-0.05, 0) is 108 Å². The molecular weight excluding hydrogens is 668 g/mol. The van der Waals surface area contributed by atoms with Crippen LogP contribution >= 0.6 is 0 Å². The zero-order valence-corrected chi connectivity index (χ0v) is 28.6. The third-order valence-electron chi connectivity index (χ3n) is 7.66. The molecule has 12 heteroatoms. The van der Waals surface area contributed by atoms with E-state index in [1.165, 1.54) is 0 Å². The summed E-state index contributed by atoms with van der Waals surface area (Å²) in [5.41, 5.74) is 4.25. The van der Waals surface area contributed by atoms with E-state index in [0.29, 0.717) is 64.0 Å². The lowest BCUT2D eigenvalue weighted by atomic mass is 10.2. The Bertz CT molecular complexity index is 1630. The number of esters is 2. The Hall–Kier alpha value is -5.40. The van der Waals surface area contributed by atoms with Gasteiger partial charge in [-0.25, -0.2) is 9.59 Å². The summed E-state index contributed by atoms with van der Waals surface area (Å²) in [6.07, 6.45) is 3.59. The molecule has 0 bridgehead atoms. The molecule has 2 fully saturated rings. The number of hydrogen-bond donors (Lipinski definition) is 0. The molecule has 2 aliphatic rings. The molecule has 270 valence electrons. The summed E-state index contributed by atoms with van der Waals surface area (Å²) in [5.74, 6) is 0.737. The zero-order valence-electron chi connectivity index (χ0n) is 28.6. The lowest BCUT2D eigenvalue weighted by Gasteiger charge is -2.09. The van der Waals surface area contributed by atoms with Crippen LogP contribution in [0.1, 0.15) is 31.8 Å². The molecule has 0 spiro atoms. The molecule has 0 N–H and O–H groups in total. The van der Waals surface area contributed by atoms with Crippen LogP contribution in [0.4, 0.5) is 11.4 Å². The Morgan fingerprint density at radius 2 is 0.904 bits per heavy atom. The van der Waals surface area contributed by atoms with Crippen LogP contribution in [0.5, 0.6) is 11.5 Å². The van der Waals surface area contributed by atoms with Crippen LogP contribution in [0, 0.1) is 0 Å². The largest absolute Gasteiger partial charge is 0.491 e. The maximum atomic E-state index is 12.0. The van der Waals surface area contributed by atoms with Gasteiger partial charge >= 0.3 is 11.9 Å². The Kier molecular flexibility index (Phi) is 13.5. The minimum Gasteiger partial charge on any atom is -0.491 e. The number of nitrogens with zero attached hydrogens (tertiary/aromatic N) is 2. The van der Waals surface area contributed by atoms with Gasteiger partial charge in [0.15, 0.2) is 0 Å². The third-order valence-corrected chi connectivity index (χ3v) is 7.66. The standard InChI is InChI=1S/C40H40N2O10/c43-39(51-27-37-25-49-37)31-5-9-33(10-6-31)41-23-29-1-13-35(14-2-29)47-21-19-45-17-18-46-20-22-48-36-15-3-30(4-16-36)24-42-34-11-7-32(8-12-34)40(44)52-28-38-26-50-38/h1-16,23-24,37-38H,17-22,25-28H2. The first-order valence-corrected chi connectivity index (χ1v) is 17.0. The fourth-order valence-electron chi connectivity index (χ4n) is 4.56. The van der Waals surface area contributed by atoms with E-state index in [2.05, 4.69) is 9.98 Å². The molecule has 0 saturated carbocycles. The maximum Gasteiger partial charge on any atom is 0.338 e. The second-order valence-corrected chi connectivity index (χ2v) is 11.8. The maximum absolute atomic E-state index is 12.0. The van der Waals surface area contributed by atoms with Crippen molar-refractivity contribution in [3.05, 3.63) is 119 Å². The van der Waals surface area contributed by atoms with Crippen molar-refractivity contribution in [2.24, 2.45) is 9.98 Å². The average molecular weight is 709 g/mol. The predicted molar refractivity (Wildman–Crippen MR) is 193 cm³/mol. The molecule has 52 heavy (non-hydrogen) atoms. The number of aliphatic imine (C=N–C) groups is 2. The van der Waals surface area contributed by atoms with Crippen LogP contribution in [0.3, 0.4) is 0 Å². The summed E-state index contributed by atoms with van der Waals surface area (Å²) in [5, 5.41) is 0. The molecule has 2 aliphatic heterocycles. The molecule has 2 unspecified atom stereocenters. The minimum atomic E-state index is -0.367. The highest BCUT2D eigenvalue weighted by Gasteiger charge is 2.25. The van der Waals surface area contributed by atoms with Gasteiger partial charge in [0.2, 0.25) is 0 Å². The van der Waals surface area contributed by atoms with Crippen molar-refractivity contribution >= 4 is 35.7 Å². The van der Waals surface area contributed by atoms with Gasteiger partial charge in [0.05, 0.1) is 62.1 Å². The summed E-state index contributed by atoms with van der Waals surface area (Å²) in [7, 11) is 0. The van der Waals surface area contributed by atoms with Crippen LogP contribution in [0.2, 0.25) is 0 Å². The van der Waals surface area contributed by atoms with Gasteiger partial charge in [-0.1, -0.05) is 0 Å². The summed E-state index contributed by atoms with van der Waals surface area (Å²) in [6.45, 7) is 4.48. The van der Waals surface area contributed by atoms with Crippen LogP contribution in [-0.4, -0.2) is 103 Å². The molecule has 12 nitrogen and oxygen atoms in total.